The number of nitrogens with one attached hydrogen (secondary N) is 3. The molecule has 2 atom stereocenters. The second-order valence-electron chi connectivity index (χ2n) is 9.75. The van der Waals surface area contributed by atoms with Gasteiger partial charge in [-0.1, -0.05) is 11.6 Å². The third-order valence-electron chi connectivity index (χ3n) is 7.03. The Labute approximate surface area is 238 Å². The summed E-state index contributed by atoms with van der Waals surface area (Å²) in [5, 5.41) is 16.2. The van der Waals surface area contributed by atoms with Crippen LogP contribution in [0.15, 0.2) is 60.9 Å². The molecule has 0 unspecified atom stereocenters. The first-order chi connectivity index (χ1) is 19.6. The molecule has 5 rings (SSSR count). The first-order valence-corrected chi connectivity index (χ1v) is 13.1. The number of carboxylic acid groups (broad SMARTS) is 1. The zero-order chi connectivity index (χ0) is 29.1. The predicted molar refractivity (Wildman–Crippen MR) is 146 cm³/mol. The van der Waals surface area contributed by atoms with Crippen LogP contribution in [0.25, 0.3) is 0 Å². The highest BCUT2D eigenvalue weighted by atomic mass is 35.5. The van der Waals surface area contributed by atoms with E-state index in [1.807, 2.05) is 0 Å². The van der Waals surface area contributed by atoms with Crippen LogP contribution >= 0.6 is 11.6 Å². The summed E-state index contributed by atoms with van der Waals surface area (Å²) in [4.78, 5) is 55.9. The summed E-state index contributed by atoms with van der Waals surface area (Å²) in [5.41, 5.74) is 0.0658. The van der Waals surface area contributed by atoms with E-state index in [-0.39, 0.29) is 46.9 Å². The molecule has 41 heavy (non-hydrogen) atoms. The van der Waals surface area contributed by atoms with E-state index in [2.05, 4.69) is 20.9 Å². The first kappa shape index (κ1) is 27.8. The number of nitrogens with zero attached hydrogens (tertiary/aromatic N) is 2. The third kappa shape index (κ3) is 5.92. The molecule has 2 aliphatic rings. The maximum atomic E-state index is 15.3. The predicted octanol–water partition coefficient (Wildman–Crippen LogP) is 4.39. The molecule has 3 aromatic rings. The van der Waals surface area contributed by atoms with Crippen molar-refractivity contribution in [2.24, 2.45) is 0 Å². The fourth-order valence-corrected chi connectivity index (χ4v) is 5.36. The van der Waals surface area contributed by atoms with Gasteiger partial charge in [-0.15, -0.1) is 0 Å². The number of pyridine rings is 1. The maximum absolute atomic E-state index is 15.3. The van der Waals surface area contributed by atoms with Gasteiger partial charge < -0.3 is 20.1 Å². The van der Waals surface area contributed by atoms with Crippen molar-refractivity contribution in [3.05, 3.63) is 88.5 Å². The Morgan fingerprint density at radius 2 is 1.88 bits per heavy atom. The van der Waals surface area contributed by atoms with E-state index in [0.717, 1.165) is 5.56 Å². The maximum Gasteiger partial charge on any atom is 0.412 e. The number of rotatable bonds is 6. The summed E-state index contributed by atoms with van der Waals surface area (Å²) >= 11 is 6.06. The Hall–Kier alpha value is -4.71. The van der Waals surface area contributed by atoms with Crippen molar-refractivity contribution in [2.75, 3.05) is 23.7 Å². The van der Waals surface area contributed by atoms with Crippen molar-refractivity contribution < 1.29 is 33.4 Å². The molecule has 0 radical (unpaired) electrons. The van der Waals surface area contributed by atoms with Crippen LogP contribution in [0.4, 0.5) is 25.4 Å². The number of benzene rings is 2. The van der Waals surface area contributed by atoms with Crippen LogP contribution in [-0.4, -0.2) is 58.1 Å². The molecule has 212 valence electrons. The zero-order valence-electron chi connectivity index (χ0n) is 21.5. The van der Waals surface area contributed by atoms with Gasteiger partial charge in [0.05, 0.1) is 22.8 Å². The van der Waals surface area contributed by atoms with Gasteiger partial charge in [0.2, 0.25) is 5.91 Å². The van der Waals surface area contributed by atoms with Crippen LogP contribution in [0, 0.1) is 5.82 Å². The summed E-state index contributed by atoms with van der Waals surface area (Å²) in [5.74, 6) is -1.74. The van der Waals surface area contributed by atoms with Crippen molar-refractivity contribution in [3.8, 4) is 0 Å². The summed E-state index contributed by atoms with van der Waals surface area (Å²) < 4.78 is 21.0. The number of amides is 4. The molecular formula is C28H25ClFN5O6. The van der Waals surface area contributed by atoms with Gasteiger partial charge in [-0.25, -0.2) is 14.0 Å². The SMILES string of the molecule is O=C(O)Nc1ccc(C(=O)N[C@@H](Cc2ccncc2)C(=O)N2CCC[C@@]3(C2)OC(=O)Nc2ccc(Cl)c(F)c23)cc1. The molecule has 3 heterocycles. The van der Waals surface area contributed by atoms with Crippen LogP contribution in [0.1, 0.15) is 34.3 Å². The number of carbonyl (C=O) groups excluding carboxylic acids is 3. The Balaban J connectivity index is 1.42. The lowest BCUT2D eigenvalue weighted by Crippen LogP contribution is -2.57. The van der Waals surface area contributed by atoms with Crippen LogP contribution in [-0.2, 0) is 21.6 Å². The molecule has 1 aromatic heterocycles. The lowest BCUT2D eigenvalue weighted by Gasteiger charge is -2.45. The lowest BCUT2D eigenvalue weighted by atomic mass is 9.82. The number of piperidine rings is 1. The first-order valence-electron chi connectivity index (χ1n) is 12.7. The fraction of sp³-hybridized carbons (Fsp3) is 0.250. The molecule has 0 aliphatic carbocycles. The molecule has 0 saturated carbocycles. The van der Waals surface area contributed by atoms with Crippen LogP contribution in [0.5, 0.6) is 0 Å². The minimum atomic E-state index is -1.46. The monoisotopic (exact) mass is 581 g/mol. The van der Waals surface area contributed by atoms with Gasteiger partial charge in [0, 0.05) is 36.6 Å². The summed E-state index contributed by atoms with van der Waals surface area (Å²) in [6, 6.07) is 11.0. The van der Waals surface area contributed by atoms with Crippen LogP contribution < -0.4 is 16.0 Å². The van der Waals surface area contributed by atoms with Gasteiger partial charge in [0.25, 0.3) is 5.91 Å². The Bertz CT molecular complexity index is 1510. The van der Waals surface area contributed by atoms with E-state index in [0.29, 0.717) is 13.0 Å². The fourth-order valence-electron chi connectivity index (χ4n) is 5.21. The van der Waals surface area contributed by atoms with Gasteiger partial charge in [-0.05, 0) is 66.9 Å². The number of hydrogen-bond donors (Lipinski definition) is 4. The van der Waals surface area contributed by atoms with Crippen molar-refractivity contribution in [3.63, 3.8) is 0 Å². The van der Waals surface area contributed by atoms with E-state index >= 15 is 4.39 Å². The minimum absolute atomic E-state index is 0.0758. The van der Waals surface area contributed by atoms with Gasteiger partial charge >= 0.3 is 12.2 Å². The third-order valence-corrected chi connectivity index (χ3v) is 7.32. The van der Waals surface area contributed by atoms with Gasteiger partial charge in [0.15, 0.2) is 11.4 Å². The molecule has 1 saturated heterocycles. The van der Waals surface area contributed by atoms with E-state index < -0.39 is 41.5 Å². The molecule has 4 amide bonds. The van der Waals surface area contributed by atoms with E-state index in [1.54, 1.807) is 24.5 Å². The number of likely N-dealkylation sites (tertiary alicyclic amines) is 1. The number of halogens is 2. The van der Waals surface area contributed by atoms with Crippen LogP contribution in [0.3, 0.4) is 0 Å². The lowest BCUT2D eigenvalue weighted by molar-refractivity contribution is -0.141. The van der Waals surface area contributed by atoms with Crippen molar-refractivity contribution in [2.45, 2.75) is 30.9 Å². The molecule has 1 spiro atoms. The van der Waals surface area contributed by atoms with E-state index in [1.165, 1.54) is 41.3 Å². The minimum Gasteiger partial charge on any atom is -0.465 e. The van der Waals surface area contributed by atoms with Crippen molar-refractivity contribution in [1.82, 2.24) is 15.2 Å². The molecule has 2 aromatic carbocycles. The molecule has 13 heteroatoms. The number of anilines is 2. The molecule has 0 bridgehead atoms. The summed E-state index contributed by atoms with van der Waals surface area (Å²) in [7, 11) is 0. The van der Waals surface area contributed by atoms with E-state index in [9.17, 15) is 19.2 Å². The standard InChI is InChI=1S/C28H25ClFN5O6/c29-19-6-7-20-22(23(19)30)28(41-27(40)34-20)10-1-13-35(15-28)25(37)21(14-16-8-11-31-12-9-16)33-24(36)17-2-4-18(5-3-17)32-26(38)39/h2-9,11-12,21,32H,1,10,13-15H2,(H,33,36)(H,34,40)(H,38,39)/t21-,28-/m0/s1. The second kappa shape index (κ2) is 11.4. The molecule has 2 aliphatic heterocycles. The van der Waals surface area contributed by atoms with Crippen LogP contribution in [0.2, 0.25) is 5.02 Å². The Morgan fingerprint density at radius 3 is 2.59 bits per heavy atom. The molecular weight excluding hydrogens is 557 g/mol. The number of carbonyl (C=O) groups is 4. The number of fused-ring (bicyclic) bond motifs is 2. The zero-order valence-corrected chi connectivity index (χ0v) is 22.3. The van der Waals surface area contributed by atoms with Crippen molar-refractivity contribution in [1.29, 1.82) is 0 Å². The number of aromatic nitrogens is 1. The number of ether oxygens (including phenoxy) is 1. The average Bonchev–Trinajstić information content (AvgIpc) is 2.94. The normalized spacial score (nSPS) is 18.5. The van der Waals surface area contributed by atoms with Gasteiger partial charge in [-0.2, -0.15) is 0 Å². The number of hydrogen-bond acceptors (Lipinski definition) is 6. The van der Waals surface area contributed by atoms with Gasteiger partial charge in [0.1, 0.15) is 6.04 Å². The largest absolute Gasteiger partial charge is 0.465 e. The second-order valence-corrected chi connectivity index (χ2v) is 10.2. The Morgan fingerprint density at radius 1 is 1.15 bits per heavy atom. The quantitative estimate of drug-likeness (QED) is 0.337. The molecule has 1 fully saturated rings. The summed E-state index contributed by atoms with van der Waals surface area (Å²) in [6.07, 6.45) is 1.93. The Kier molecular flexibility index (Phi) is 7.75. The average molecular weight is 582 g/mol. The highest BCUT2D eigenvalue weighted by Crippen LogP contribution is 2.45. The smallest absolute Gasteiger partial charge is 0.412 e. The molecule has 4 N–H and O–H groups in total. The molecule has 11 nitrogen and oxygen atoms in total. The van der Waals surface area contributed by atoms with Gasteiger partial charge in [-0.3, -0.25) is 25.2 Å². The topological polar surface area (TPSA) is 150 Å². The highest BCUT2D eigenvalue weighted by molar-refractivity contribution is 6.31. The van der Waals surface area contributed by atoms with Crippen molar-refractivity contribution >= 4 is 47.0 Å². The highest BCUT2D eigenvalue weighted by Gasteiger charge is 2.49. The van der Waals surface area contributed by atoms with E-state index in [4.69, 9.17) is 21.4 Å². The summed E-state index contributed by atoms with van der Waals surface area (Å²) in [6.45, 7) is 0.156.